The molecule has 2 amide bonds. The highest BCUT2D eigenvalue weighted by Crippen LogP contribution is 2.17. The van der Waals surface area contributed by atoms with Gasteiger partial charge in [0.15, 0.2) is 0 Å². The van der Waals surface area contributed by atoms with E-state index in [0.717, 1.165) is 16.8 Å². The number of likely N-dealkylation sites (N-methyl/N-ethyl adjacent to an activating group) is 1. The molecule has 1 aromatic rings. The average molecular weight is 277 g/mol. The van der Waals surface area contributed by atoms with E-state index >= 15 is 0 Å². The number of rotatable bonds is 5. The van der Waals surface area contributed by atoms with Gasteiger partial charge in [-0.15, -0.1) is 0 Å². The number of carbonyl (C=O) groups is 2. The lowest BCUT2D eigenvalue weighted by molar-refractivity contribution is -0.133. The SMILES string of the molecule is Cc1cccc(NC(=O)CN(C)C(=O)CC(C)N)c1C. The van der Waals surface area contributed by atoms with Crippen LogP contribution in [0.25, 0.3) is 0 Å². The molecule has 0 radical (unpaired) electrons. The van der Waals surface area contributed by atoms with Gasteiger partial charge >= 0.3 is 0 Å². The second kappa shape index (κ2) is 7.05. The molecular formula is C15H23N3O2. The summed E-state index contributed by atoms with van der Waals surface area (Å²) >= 11 is 0. The van der Waals surface area contributed by atoms with Crippen molar-refractivity contribution in [2.24, 2.45) is 5.73 Å². The monoisotopic (exact) mass is 277 g/mol. The van der Waals surface area contributed by atoms with Gasteiger partial charge in [-0.25, -0.2) is 0 Å². The van der Waals surface area contributed by atoms with E-state index in [2.05, 4.69) is 5.32 Å². The van der Waals surface area contributed by atoms with E-state index < -0.39 is 0 Å². The Bertz CT molecular complexity index is 498. The summed E-state index contributed by atoms with van der Waals surface area (Å²) in [6.07, 6.45) is 0.243. The predicted molar refractivity (Wildman–Crippen MR) is 80.4 cm³/mol. The molecule has 1 atom stereocenters. The standard InChI is InChI=1S/C15H23N3O2/c1-10-6-5-7-13(12(10)3)17-14(19)9-18(4)15(20)8-11(2)16/h5-7,11H,8-9,16H2,1-4H3,(H,17,19). The van der Waals surface area contributed by atoms with E-state index in [4.69, 9.17) is 5.73 Å². The van der Waals surface area contributed by atoms with Gasteiger partial charge in [0, 0.05) is 25.2 Å². The number of aryl methyl sites for hydroxylation is 1. The number of amides is 2. The largest absolute Gasteiger partial charge is 0.336 e. The van der Waals surface area contributed by atoms with Crippen molar-refractivity contribution < 1.29 is 9.59 Å². The highest BCUT2D eigenvalue weighted by molar-refractivity contribution is 5.95. The molecule has 110 valence electrons. The molecular weight excluding hydrogens is 254 g/mol. The highest BCUT2D eigenvalue weighted by atomic mass is 16.2. The summed E-state index contributed by atoms with van der Waals surface area (Å²) in [5.74, 6) is -0.338. The van der Waals surface area contributed by atoms with Gasteiger partial charge in [0.2, 0.25) is 11.8 Å². The van der Waals surface area contributed by atoms with E-state index in [1.165, 1.54) is 4.90 Å². The van der Waals surface area contributed by atoms with Crippen LogP contribution in [-0.4, -0.2) is 36.3 Å². The molecule has 0 fully saturated rings. The maximum Gasteiger partial charge on any atom is 0.243 e. The number of carbonyl (C=O) groups excluding carboxylic acids is 2. The lowest BCUT2D eigenvalue weighted by Gasteiger charge is -2.18. The number of anilines is 1. The molecule has 20 heavy (non-hydrogen) atoms. The number of nitrogens with one attached hydrogen (secondary N) is 1. The fourth-order valence-electron chi connectivity index (χ4n) is 1.81. The molecule has 1 unspecified atom stereocenters. The quantitative estimate of drug-likeness (QED) is 0.855. The van der Waals surface area contributed by atoms with Crippen molar-refractivity contribution in [3.63, 3.8) is 0 Å². The lowest BCUT2D eigenvalue weighted by atomic mass is 10.1. The van der Waals surface area contributed by atoms with Crippen molar-refractivity contribution in [3.8, 4) is 0 Å². The average Bonchev–Trinajstić information content (AvgIpc) is 2.34. The fraction of sp³-hybridized carbons (Fsp3) is 0.467. The van der Waals surface area contributed by atoms with Crippen LogP contribution in [0.15, 0.2) is 18.2 Å². The molecule has 3 N–H and O–H groups in total. The van der Waals surface area contributed by atoms with Crippen LogP contribution in [0.2, 0.25) is 0 Å². The Balaban J connectivity index is 2.59. The molecule has 0 spiro atoms. The highest BCUT2D eigenvalue weighted by Gasteiger charge is 2.15. The van der Waals surface area contributed by atoms with Gasteiger partial charge in [0.25, 0.3) is 0 Å². The maximum absolute atomic E-state index is 11.9. The summed E-state index contributed by atoms with van der Waals surface area (Å²) in [6, 6.07) is 5.53. The maximum atomic E-state index is 11.9. The molecule has 0 aliphatic heterocycles. The van der Waals surface area contributed by atoms with Crippen LogP contribution in [0.4, 0.5) is 5.69 Å². The van der Waals surface area contributed by atoms with Crippen molar-refractivity contribution in [1.82, 2.24) is 4.90 Å². The molecule has 0 heterocycles. The van der Waals surface area contributed by atoms with Gasteiger partial charge in [-0.2, -0.15) is 0 Å². The van der Waals surface area contributed by atoms with Crippen molar-refractivity contribution in [3.05, 3.63) is 29.3 Å². The molecule has 5 heteroatoms. The minimum absolute atomic E-state index is 0.0267. The Labute approximate surface area is 120 Å². The Hall–Kier alpha value is -1.88. The first-order valence-corrected chi connectivity index (χ1v) is 6.67. The number of nitrogens with two attached hydrogens (primary N) is 1. The fourth-order valence-corrected chi connectivity index (χ4v) is 1.81. The van der Waals surface area contributed by atoms with Crippen LogP contribution in [0.5, 0.6) is 0 Å². The second-order valence-electron chi connectivity index (χ2n) is 5.23. The summed E-state index contributed by atoms with van der Waals surface area (Å²) in [4.78, 5) is 25.1. The molecule has 0 saturated carbocycles. The summed E-state index contributed by atoms with van der Waals surface area (Å²) < 4.78 is 0. The van der Waals surface area contributed by atoms with Crippen LogP contribution >= 0.6 is 0 Å². The molecule has 1 rings (SSSR count). The van der Waals surface area contributed by atoms with Crippen molar-refractivity contribution in [2.45, 2.75) is 33.2 Å². The van der Waals surface area contributed by atoms with Crippen LogP contribution in [0.1, 0.15) is 24.5 Å². The predicted octanol–water partition coefficient (Wildman–Crippen LogP) is 1.44. The van der Waals surface area contributed by atoms with Gasteiger partial charge < -0.3 is 16.0 Å². The van der Waals surface area contributed by atoms with Crippen molar-refractivity contribution >= 4 is 17.5 Å². The van der Waals surface area contributed by atoms with E-state index in [1.54, 1.807) is 14.0 Å². The molecule has 0 saturated heterocycles. The zero-order valence-corrected chi connectivity index (χ0v) is 12.6. The smallest absolute Gasteiger partial charge is 0.243 e. The minimum atomic E-state index is -0.209. The normalized spacial score (nSPS) is 11.8. The number of nitrogens with zero attached hydrogens (tertiary/aromatic N) is 1. The molecule has 0 bridgehead atoms. The van der Waals surface area contributed by atoms with Gasteiger partial charge in [-0.1, -0.05) is 12.1 Å². The molecule has 0 aromatic heterocycles. The third-order valence-corrected chi connectivity index (χ3v) is 3.18. The Morgan fingerprint density at radius 1 is 1.35 bits per heavy atom. The topological polar surface area (TPSA) is 75.4 Å². The number of hydrogen-bond donors (Lipinski definition) is 2. The number of hydrogen-bond acceptors (Lipinski definition) is 3. The summed E-state index contributed by atoms with van der Waals surface area (Å²) in [5, 5.41) is 2.83. The Morgan fingerprint density at radius 3 is 2.60 bits per heavy atom. The summed E-state index contributed by atoms with van der Waals surface area (Å²) in [5.41, 5.74) is 8.50. The van der Waals surface area contributed by atoms with Crippen molar-refractivity contribution in [1.29, 1.82) is 0 Å². The minimum Gasteiger partial charge on any atom is -0.336 e. The zero-order chi connectivity index (χ0) is 15.3. The van der Waals surface area contributed by atoms with Crippen LogP contribution < -0.4 is 11.1 Å². The van der Waals surface area contributed by atoms with Gasteiger partial charge in [0.05, 0.1) is 6.54 Å². The molecule has 0 aliphatic carbocycles. The van der Waals surface area contributed by atoms with Crippen LogP contribution in [0, 0.1) is 13.8 Å². The van der Waals surface area contributed by atoms with Gasteiger partial charge in [-0.3, -0.25) is 9.59 Å². The van der Waals surface area contributed by atoms with E-state index in [-0.39, 0.29) is 30.8 Å². The first kappa shape index (κ1) is 16.2. The molecule has 0 aliphatic rings. The zero-order valence-electron chi connectivity index (χ0n) is 12.6. The first-order chi connectivity index (χ1) is 9.31. The summed E-state index contributed by atoms with van der Waals surface area (Å²) in [7, 11) is 1.60. The Kier molecular flexibility index (Phi) is 5.70. The third kappa shape index (κ3) is 4.66. The number of benzene rings is 1. The third-order valence-electron chi connectivity index (χ3n) is 3.18. The lowest BCUT2D eigenvalue weighted by Crippen LogP contribution is -2.37. The summed E-state index contributed by atoms with van der Waals surface area (Å²) in [6.45, 7) is 5.74. The van der Waals surface area contributed by atoms with E-state index in [0.29, 0.717) is 0 Å². The van der Waals surface area contributed by atoms with Crippen LogP contribution in [0.3, 0.4) is 0 Å². The van der Waals surface area contributed by atoms with Crippen molar-refractivity contribution in [2.75, 3.05) is 18.9 Å². The van der Waals surface area contributed by atoms with Gasteiger partial charge in [-0.05, 0) is 38.0 Å². The Morgan fingerprint density at radius 2 is 2.00 bits per heavy atom. The second-order valence-corrected chi connectivity index (χ2v) is 5.23. The van der Waals surface area contributed by atoms with E-state index in [9.17, 15) is 9.59 Å². The van der Waals surface area contributed by atoms with Crippen LogP contribution in [-0.2, 0) is 9.59 Å². The first-order valence-electron chi connectivity index (χ1n) is 6.67. The molecule has 1 aromatic carbocycles. The van der Waals surface area contributed by atoms with Gasteiger partial charge in [0.1, 0.15) is 0 Å². The molecule has 5 nitrogen and oxygen atoms in total. The van der Waals surface area contributed by atoms with E-state index in [1.807, 2.05) is 32.0 Å².